The molecule has 0 radical (unpaired) electrons. The zero-order valence-corrected chi connectivity index (χ0v) is 11.3. The minimum Gasteiger partial charge on any atom is -0.393 e. The van der Waals surface area contributed by atoms with E-state index in [1.165, 1.54) is 6.26 Å². The van der Waals surface area contributed by atoms with Crippen LogP contribution in [0.15, 0.2) is 29.2 Å². The maximum atomic E-state index is 11.5. The van der Waals surface area contributed by atoms with Crippen molar-refractivity contribution in [3.8, 4) is 0 Å². The number of hydrogen-bond acceptors (Lipinski definition) is 4. The highest BCUT2D eigenvalue weighted by atomic mass is 32.2. The summed E-state index contributed by atoms with van der Waals surface area (Å²) in [6, 6.07) is 7.21. The Kier molecular flexibility index (Phi) is 3.92. The Balaban J connectivity index is 2.06. The van der Waals surface area contributed by atoms with Gasteiger partial charge in [-0.3, -0.25) is 0 Å². The van der Waals surface area contributed by atoms with Crippen molar-refractivity contribution in [2.75, 3.05) is 11.6 Å². The molecule has 18 heavy (non-hydrogen) atoms. The topological polar surface area (TPSA) is 66.4 Å². The fourth-order valence-corrected chi connectivity index (χ4v) is 2.94. The molecule has 0 aromatic heterocycles. The third kappa shape index (κ3) is 3.46. The van der Waals surface area contributed by atoms with Crippen LogP contribution in [0.3, 0.4) is 0 Å². The van der Waals surface area contributed by atoms with Crippen molar-refractivity contribution in [3.63, 3.8) is 0 Å². The molecule has 0 amide bonds. The van der Waals surface area contributed by atoms with E-state index in [4.69, 9.17) is 0 Å². The second-order valence-electron chi connectivity index (χ2n) is 4.95. The lowest BCUT2D eigenvalue weighted by Gasteiger charge is -2.27. The zero-order valence-electron chi connectivity index (χ0n) is 10.5. The molecule has 0 aliphatic heterocycles. The van der Waals surface area contributed by atoms with Gasteiger partial charge in [0.15, 0.2) is 9.84 Å². The molecular formula is C13H19NO3S. The van der Waals surface area contributed by atoms with Gasteiger partial charge in [0, 0.05) is 18.0 Å². The molecule has 0 bridgehead atoms. The maximum absolute atomic E-state index is 11.5. The van der Waals surface area contributed by atoms with Gasteiger partial charge in [0.1, 0.15) is 0 Å². The van der Waals surface area contributed by atoms with E-state index in [1.807, 2.05) is 6.07 Å². The summed E-state index contributed by atoms with van der Waals surface area (Å²) in [6.07, 6.45) is 4.50. The molecule has 1 aromatic carbocycles. The highest BCUT2D eigenvalue weighted by molar-refractivity contribution is 7.90. The van der Waals surface area contributed by atoms with Gasteiger partial charge in [-0.05, 0) is 43.9 Å². The molecule has 100 valence electrons. The largest absolute Gasteiger partial charge is 0.393 e. The summed E-state index contributed by atoms with van der Waals surface area (Å²) in [6.45, 7) is 0. The quantitative estimate of drug-likeness (QED) is 0.878. The number of aliphatic hydroxyl groups excluding tert-OH is 1. The molecule has 1 saturated carbocycles. The maximum Gasteiger partial charge on any atom is 0.175 e. The van der Waals surface area contributed by atoms with Crippen LogP contribution in [-0.4, -0.2) is 31.9 Å². The van der Waals surface area contributed by atoms with E-state index in [9.17, 15) is 13.5 Å². The first-order valence-corrected chi connectivity index (χ1v) is 8.09. The third-order valence-corrected chi connectivity index (χ3v) is 4.44. The molecule has 0 unspecified atom stereocenters. The minimum atomic E-state index is -3.15. The molecule has 0 spiro atoms. The molecule has 4 nitrogen and oxygen atoms in total. The molecule has 2 rings (SSSR count). The van der Waals surface area contributed by atoms with Crippen LogP contribution in [0.25, 0.3) is 0 Å². The predicted octanol–water partition coefficient (Wildman–Crippen LogP) is 1.81. The van der Waals surface area contributed by atoms with Crippen molar-refractivity contribution in [2.45, 2.75) is 42.7 Å². The van der Waals surface area contributed by atoms with E-state index in [0.29, 0.717) is 10.9 Å². The number of benzene rings is 1. The van der Waals surface area contributed by atoms with Crippen LogP contribution in [0.5, 0.6) is 0 Å². The summed E-state index contributed by atoms with van der Waals surface area (Å²) in [7, 11) is -3.15. The second kappa shape index (κ2) is 5.28. The van der Waals surface area contributed by atoms with E-state index in [0.717, 1.165) is 31.4 Å². The van der Waals surface area contributed by atoms with Gasteiger partial charge in [-0.2, -0.15) is 0 Å². The molecule has 5 heteroatoms. The normalized spacial score (nSPS) is 24.8. The molecule has 0 heterocycles. The molecule has 1 aromatic rings. The van der Waals surface area contributed by atoms with Gasteiger partial charge in [-0.25, -0.2) is 8.42 Å². The molecule has 0 atom stereocenters. The van der Waals surface area contributed by atoms with Crippen LogP contribution in [0.4, 0.5) is 5.69 Å². The monoisotopic (exact) mass is 269 g/mol. The number of rotatable bonds is 3. The van der Waals surface area contributed by atoms with Crippen LogP contribution in [0.2, 0.25) is 0 Å². The van der Waals surface area contributed by atoms with Crippen molar-refractivity contribution < 1.29 is 13.5 Å². The highest BCUT2D eigenvalue weighted by Crippen LogP contribution is 2.23. The van der Waals surface area contributed by atoms with Crippen molar-refractivity contribution >= 4 is 15.5 Å². The SMILES string of the molecule is CS(=O)(=O)c1cccc(NC2CCC(O)CC2)c1. The second-order valence-corrected chi connectivity index (χ2v) is 6.97. The fraction of sp³-hybridized carbons (Fsp3) is 0.538. The molecule has 1 aliphatic carbocycles. The summed E-state index contributed by atoms with van der Waals surface area (Å²) in [5.41, 5.74) is 0.833. The predicted molar refractivity (Wildman–Crippen MR) is 71.4 cm³/mol. The van der Waals surface area contributed by atoms with E-state index < -0.39 is 9.84 Å². The third-order valence-electron chi connectivity index (χ3n) is 3.33. The average molecular weight is 269 g/mol. The first-order valence-electron chi connectivity index (χ1n) is 6.20. The lowest BCUT2D eigenvalue weighted by atomic mass is 9.93. The van der Waals surface area contributed by atoms with E-state index in [2.05, 4.69) is 5.32 Å². The van der Waals surface area contributed by atoms with Gasteiger partial charge < -0.3 is 10.4 Å². The first-order chi connectivity index (χ1) is 8.45. The van der Waals surface area contributed by atoms with Crippen molar-refractivity contribution in [3.05, 3.63) is 24.3 Å². The Labute approximate surface area is 108 Å². The average Bonchev–Trinajstić information content (AvgIpc) is 2.31. The van der Waals surface area contributed by atoms with Gasteiger partial charge in [0.25, 0.3) is 0 Å². The van der Waals surface area contributed by atoms with Gasteiger partial charge in [-0.1, -0.05) is 6.07 Å². The summed E-state index contributed by atoms with van der Waals surface area (Å²) in [5.74, 6) is 0. The highest BCUT2D eigenvalue weighted by Gasteiger charge is 2.19. The Bertz CT molecular complexity index is 505. The van der Waals surface area contributed by atoms with Crippen LogP contribution in [-0.2, 0) is 9.84 Å². The van der Waals surface area contributed by atoms with Crippen LogP contribution in [0, 0.1) is 0 Å². The summed E-state index contributed by atoms with van der Waals surface area (Å²) in [5, 5.41) is 12.8. The zero-order chi connectivity index (χ0) is 13.2. The lowest BCUT2D eigenvalue weighted by molar-refractivity contribution is 0.126. The Morgan fingerprint density at radius 1 is 1.22 bits per heavy atom. The van der Waals surface area contributed by atoms with Gasteiger partial charge in [0.05, 0.1) is 11.0 Å². The summed E-state index contributed by atoms with van der Waals surface area (Å²) >= 11 is 0. The lowest BCUT2D eigenvalue weighted by Crippen LogP contribution is -2.28. The number of hydrogen-bond donors (Lipinski definition) is 2. The van der Waals surface area contributed by atoms with E-state index >= 15 is 0 Å². The molecule has 2 N–H and O–H groups in total. The van der Waals surface area contributed by atoms with Gasteiger partial charge in [0.2, 0.25) is 0 Å². The molecule has 1 aliphatic rings. The summed E-state index contributed by atoms with van der Waals surface area (Å²) in [4.78, 5) is 0.336. The number of anilines is 1. The van der Waals surface area contributed by atoms with Gasteiger partial charge >= 0.3 is 0 Å². The molecule has 0 saturated heterocycles. The Hall–Kier alpha value is -1.07. The van der Waals surface area contributed by atoms with Gasteiger partial charge in [-0.15, -0.1) is 0 Å². The van der Waals surface area contributed by atoms with Crippen molar-refractivity contribution in [1.29, 1.82) is 0 Å². The number of nitrogens with one attached hydrogen (secondary N) is 1. The van der Waals surface area contributed by atoms with Crippen LogP contribution < -0.4 is 5.32 Å². The van der Waals surface area contributed by atoms with Crippen LogP contribution in [0.1, 0.15) is 25.7 Å². The van der Waals surface area contributed by atoms with Crippen LogP contribution >= 0.6 is 0 Å². The minimum absolute atomic E-state index is 0.176. The fourth-order valence-electron chi connectivity index (χ4n) is 2.27. The Morgan fingerprint density at radius 2 is 1.89 bits per heavy atom. The van der Waals surface area contributed by atoms with Crippen molar-refractivity contribution in [1.82, 2.24) is 0 Å². The Morgan fingerprint density at radius 3 is 2.50 bits per heavy atom. The van der Waals surface area contributed by atoms with Crippen molar-refractivity contribution in [2.24, 2.45) is 0 Å². The van der Waals surface area contributed by atoms with E-state index in [1.54, 1.807) is 18.2 Å². The smallest absolute Gasteiger partial charge is 0.175 e. The standard InChI is InChI=1S/C13H19NO3S/c1-18(16,17)13-4-2-3-11(9-13)14-10-5-7-12(15)8-6-10/h2-4,9-10,12,14-15H,5-8H2,1H3. The molecular weight excluding hydrogens is 250 g/mol. The van der Waals surface area contributed by atoms with E-state index in [-0.39, 0.29) is 6.10 Å². The number of sulfone groups is 1. The number of aliphatic hydroxyl groups is 1. The first kappa shape index (κ1) is 13.4. The molecule has 1 fully saturated rings. The summed E-state index contributed by atoms with van der Waals surface area (Å²) < 4.78 is 22.9.